The fraction of sp³-hybridized carbons (Fsp3) is 0.167. The molecule has 2 aliphatic rings. The van der Waals surface area contributed by atoms with Gasteiger partial charge in [-0.05, 0) is 53.6 Å². The highest BCUT2D eigenvalue weighted by Gasteiger charge is 2.46. The lowest BCUT2D eigenvalue weighted by molar-refractivity contribution is -0.140. The maximum absolute atomic E-state index is 13.1. The standard InChI is InChI=1S/C24H19N3O5/c28-22(17-1-2-18-19(13-17)32-12-11-31-18)20-21(16-5-9-26-10-6-16)27(24(30)23(20)29)14-15-3-7-25-8-4-15/h1-10,13,21,28H,11-12,14H2/t21-/m0/s1. The molecule has 2 aromatic heterocycles. The summed E-state index contributed by atoms with van der Waals surface area (Å²) in [6.07, 6.45) is 6.43. The molecular weight excluding hydrogens is 410 g/mol. The summed E-state index contributed by atoms with van der Waals surface area (Å²) < 4.78 is 11.1. The second kappa shape index (κ2) is 8.14. The van der Waals surface area contributed by atoms with Gasteiger partial charge in [0.05, 0.1) is 11.6 Å². The zero-order valence-corrected chi connectivity index (χ0v) is 17.0. The van der Waals surface area contributed by atoms with E-state index in [1.165, 1.54) is 4.90 Å². The number of ether oxygens (including phenoxy) is 2. The number of carbonyl (C=O) groups is 2. The summed E-state index contributed by atoms with van der Waals surface area (Å²) in [7, 11) is 0. The molecule has 1 amide bonds. The molecule has 0 bridgehead atoms. The number of rotatable bonds is 4. The van der Waals surface area contributed by atoms with Gasteiger partial charge in [-0.15, -0.1) is 0 Å². The van der Waals surface area contributed by atoms with E-state index in [-0.39, 0.29) is 17.9 Å². The summed E-state index contributed by atoms with van der Waals surface area (Å²) in [6, 6.07) is 11.2. The quantitative estimate of drug-likeness (QED) is 0.387. The first-order valence-electron chi connectivity index (χ1n) is 10.1. The molecule has 1 fully saturated rings. The molecule has 1 N–H and O–H groups in total. The Morgan fingerprint density at radius 2 is 1.59 bits per heavy atom. The van der Waals surface area contributed by atoms with Gasteiger partial charge in [-0.25, -0.2) is 0 Å². The summed E-state index contributed by atoms with van der Waals surface area (Å²) in [5.74, 6) is -0.640. The highest BCUT2D eigenvalue weighted by molar-refractivity contribution is 6.46. The van der Waals surface area contributed by atoms with E-state index in [1.807, 2.05) is 0 Å². The van der Waals surface area contributed by atoms with Crippen LogP contribution in [0.1, 0.15) is 22.7 Å². The summed E-state index contributed by atoms with van der Waals surface area (Å²) in [6.45, 7) is 1.03. The van der Waals surface area contributed by atoms with E-state index in [9.17, 15) is 14.7 Å². The number of aliphatic hydroxyl groups is 1. The van der Waals surface area contributed by atoms with E-state index in [0.717, 1.165) is 5.56 Å². The molecule has 0 radical (unpaired) electrons. The predicted molar refractivity (Wildman–Crippen MR) is 114 cm³/mol. The molecule has 32 heavy (non-hydrogen) atoms. The van der Waals surface area contributed by atoms with Crippen LogP contribution in [0.2, 0.25) is 0 Å². The molecule has 1 saturated heterocycles. The first kappa shape index (κ1) is 19.7. The first-order chi connectivity index (χ1) is 15.6. The molecule has 0 spiro atoms. The maximum Gasteiger partial charge on any atom is 0.295 e. The third-order valence-electron chi connectivity index (χ3n) is 5.48. The monoisotopic (exact) mass is 429 g/mol. The number of fused-ring (bicyclic) bond motifs is 1. The average Bonchev–Trinajstić information content (AvgIpc) is 3.09. The van der Waals surface area contributed by atoms with Crippen molar-refractivity contribution in [3.05, 3.63) is 89.5 Å². The SMILES string of the molecule is O=C1C(=O)N(Cc2ccncc2)[C@@H](c2ccncc2)C1=C(O)c1ccc2c(c1)OCCO2. The highest BCUT2D eigenvalue weighted by atomic mass is 16.6. The number of ketones is 1. The van der Waals surface area contributed by atoms with E-state index in [1.54, 1.807) is 67.3 Å². The normalized spacial score (nSPS) is 19.2. The molecule has 0 aliphatic carbocycles. The van der Waals surface area contributed by atoms with Crippen LogP contribution in [0.4, 0.5) is 0 Å². The fourth-order valence-electron chi connectivity index (χ4n) is 3.97. The van der Waals surface area contributed by atoms with Crippen molar-refractivity contribution in [1.82, 2.24) is 14.9 Å². The van der Waals surface area contributed by atoms with Crippen molar-refractivity contribution < 1.29 is 24.2 Å². The Kier molecular flexibility index (Phi) is 5.03. The second-order valence-corrected chi connectivity index (χ2v) is 7.42. The summed E-state index contributed by atoms with van der Waals surface area (Å²) in [5, 5.41) is 11.2. The van der Waals surface area contributed by atoms with Crippen LogP contribution in [0.5, 0.6) is 11.5 Å². The van der Waals surface area contributed by atoms with Crippen molar-refractivity contribution in [2.75, 3.05) is 13.2 Å². The number of aromatic nitrogens is 2. The third-order valence-corrected chi connectivity index (χ3v) is 5.48. The van der Waals surface area contributed by atoms with Crippen LogP contribution >= 0.6 is 0 Å². The van der Waals surface area contributed by atoms with E-state index in [4.69, 9.17) is 9.47 Å². The zero-order valence-electron chi connectivity index (χ0n) is 17.0. The van der Waals surface area contributed by atoms with Crippen LogP contribution in [0.3, 0.4) is 0 Å². The van der Waals surface area contributed by atoms with Gasteiger partial charge < -0.3 is 19.5 Å². The fourth-order valence-corrected chi connectivity index (χ4v) is 3.97. The molecule has 8 heteroatoms. The second-order valence-electron chi connectivity index (χ2n) is 7.42. The van der Waals surface area contributed by atoms with Gasteiger partial charge in [0, 0.05) is 36.9 Å². The van der Waals surface area contributed by atoms with Gasteiger partial charge in [0.15, 0.2) is 11.5 Å². The Hall–Kier alpha value is -4.20. The molecule has 8 nitrogen and oxygen atoms in total. The van der Waals surface area contributed by atoms with Crippen LogP contribution in [0.15, 0.2) is 72.8 Å². The lowest BCUT2D eigenvalue weighted by atomic mass is 9.95. The van der Waals surface area contributed by atoms with E-state index in [2.05, 4.69) is 9.97 Å². The van der Waals surface area contributed by atoms with E-state index in [0.29, 0.717) is 35.8 Å². The van der Waals surface area contributed by atoms with Crippen LogP contribution in [-0.4, -0.2) is 44.9 Å². The number of carbonyl (C=O) groups excluding carboxylic acids is 2. The minimum absolute atomic E-state index is 0.0203. The van der Waals surface area contributed by atoms with Crippen molar-refractivity contribution in [3.63, 3.8) is 0 Å². The van der Waals surface area contributed by atoms with Crippen molar-refractivity contribution in [2.24, 2.45) is 0 Å². The molecule has 1 aromatic carbocycles. The number of nitrogens with zero attached hydrogens (tertiary/aromatic N) is 3. The van der Waals surface area contributed by atoms with Crippen molar-refractivity contribution >= 4 is 17.4 Å². The van der Waals surface area contributed by atoms with Gasteiger partial charge in [-0.2, -0.15) is 0 Å². The zero-order chi connectivity index (χ0) is 22.1. The maximum atomic E-state index is 13.1. The topological polar surface area (TPSA) is 102 Å². The van der Waals surface area contributed by atoms with Gasteiger partial charge in [0.25, 0.3) is 11.7 Å². The predicted octanol–water partition coefficient (Wildman–Crippen LogP) is 2.87. The van der Waals surface area contributed by atoms with Gasteiger partial charge >= 0.3 is 0 Å². The summed E-state index contributed by atoms with van der Waals surface area (Å²) in [5.41, 5.74) is 1.88. The smallest absolute Gasteiger partial charge is 0.295 e. The Bertz CT molecular complexity index is 1210. The molecule has 0 unspecified atom stereocenters. The summed E-state index contributed by atoms with van der Waals surface area (Å²) in [4.78, 5) is 35.6. The molecular formula is C24H19N3O5. The van der Waals surface area contributed by atoms with Crippen LogP contribution in [0.25, 0.3) is 5.76 Å². The lowest BCUT2D eigenvalue weighted by Gasteiger charge is -2.25. The van der Waals surface area contributed by atoms with Crippen molar-refractivity contribution in [3.8, 4) is 11.5 Å². The number of hydrogen-bond acceptors (Lipinski definition) is 7. The molecule has 5 rings (SSSR count). The minimum Gasteiger partial charge on any atom is -0.507 e. The largest absolute Gasteiger partial charge is 0.507 e. The number of aliphatic hydroxyl groups excluding tert-OH is 1. The number of pyridine rings is 2. The first-order valence-corrected chi connectivity index (χ1v) is 10.1. The number of benzene rings is 1. The minimum atomic E-state index is -0.764. The Labute approximate surface area is 183 Å². The summed E-state index contributed by atoms with van der Waals surface area (Å²) >= 11 is 0. The molecule has 1 atom stereocenters. The van der Waals surface area contributed by atoms with Crippen molar-refractivity contribution in [2.45, 2.75) is 12.6 Å². The van der Waals surface area contributed by atoms with Gasteiger partial charge in [-0.3, -0.25) is 19.6 Å². The molecule has 4 heterocycles. The molecule has 2 aliphatic heterocycles. The lowest BCUT2D eigenvalue weighted by Crippen LogP contribution is -2.29. The Morgan fingerprint density at radius 1 is 0.938 bits per heavy atom. The van der Waals surface area contributed by atoms with Gasteiger partial charge in [-0.1, -0.05) is 0 Å². The third kappa shape index (κ3) is 3.45. The molecule has 160 valence electrons. The molecule has 3 aromatic rings. The highest BCUT2D eigenvalue weighted by Crippen LogP contribution is 2.41. The Balaban J connectivity index is 1.62. The Morgan fingerprint density at radius 3 is 2.31 bits per heavy atom. The number of amides is 1. The van der Waals surface area contributed by atoms with E-state index >= 15 is 0 Å². The van der Waals surface area contributed by atoms with Gasteiger partial charge in [0.2, 0.25) is 0 Å². The average molecular weight is 429 g/mol. The number of Topliss-reactive ketones (excluding diaryl/α,β-unsaturated/α-hetero) is 1. The van der Waals surface area contributed by atoms with Gasteiger partial charge in [0.1, 0.15) is 19.0 Å². The van der Waals surface area contributed by atoms with Crippen LogP contribution in [0, 0.1) is 0 Å². The number of likely N-dealkylation sites (tertiary alicyclic amines) is 1. The van der Waals surface area contributed by atoms with Crippen LogP contribution in [-0.2, 0) is 16.1 Å². The number of hydrogen-bond donors (Lipinski definition) is 1. The van der Waals surface area contributed by atoms with Crippen LogP contribution < -0.4 is 9.47 Å². The van der Waals surface area contributed by atoms with E-state index < -0.39 is 17.7 Å². The molecule has 0 saturated carbocycles. The van der Waals surface area contributed by atoms with Crippen molar-refractivity contribution in [1.29, 1.82) is 0 Å².